The van der Waals surface area contributed by atoms with E-state index in [1.165, 1.54) is 18.2 Å². The maximum atomic E-state index is 13.0. The van der Waals surface area contributed by atoms with Gasteiger partial charge < -0.3 is 15.6 Å². The summed E-state index contributed by atoms with van der Waals surface area (Å²) in [5, 5.41) is 9.53. The Morgan fingerprint density at radius 2 is 2.12 bits per heavy atom. The molecule has 0 radical (unpaired) electrons. The standard InChI is InChI=1S/C12H18FNO2/c1-8(14)10-6-9(13)4-5-11(10)16-7-12(2,3)15/h4-6,8,15H,7,14H2,1-3H3. The number of rotatable bonds is 4. The molecule has 1 unspecified atom stereocenters. The first-order chi connectivity index (χ1) is 7.29. The summed E-state index contributed by atoms with van der Waals surface area (Å²) >= 11 is 0. The van der Waals surface area contributed by atoms with Crippen LogP contribution in [0.15, 0.2) is 18.2 Å². The van der Waals surface area contributed by atoms with Gasteiger partial charge in [0.25, 0.3) is 0 Å². The van der Waals surface area contributed by atoms with E-state index in [2.05, 4.69) is 0 Å². The van der Waals surface area contributed by atoms with E-state index >= 15 is 0 Å². The van der Waals surface area contributed by atoms with E-state index in [0.29, 0.717) is 11.3 Å². The van der Waals surface area contributed by atoms with Gasteiger partial charge in [-0.1, -0.05) is 0 Å². The molecule has 1 rings (SSSR count). The molecule has 1 atom stereocenters. The van der Waals surface area contributed by atoms with E-state index in [1.54, 1.807) is 20.8 Å². The normalized spacial score (nSPS) is 13.6. The predicted octanol–water partition coefficient (Wildman–Crippen LogP) is 2.00. The predicted molar refractivity (Wildman–Crippen MR) is 60.8 cm³/mol. The molecule has 0 saturated carbocycles. The van der Waals surface area contributed by atoms with Crippen LogP contribution in [-0.2, 0) is 0 Å². The number of hydrogen-bond donors (Lipinski definition) is 2. The van der Waals surface area contributed by atoms with Crippen molar-refractivity contribution >= 4 is 0 Å². The zero-order valence-electron chi connectivity index (χ0n) is 9.83. The average Bonchev–Trinajstić information content (AvgIpc) is 2.14. The van der Waals surface area contributed by atoms with Crippen LogP contribution in [0.25, 0.3) is 0 Å². The zero-order chi connectivity index (χ0) is 12.3. The lowest BCUT2D eigenvalue weighted by molar-refractivity contribution is 0.0280. The van der Waals surface area contributed by atoms with E-state index in [-0.39, 0.29) is 18.5 Å². The molecule has 16 heavy (non-hydrogen) atoms. The molecule has 0 bridgehead atoms. The highest BCUT2D eigenvalue weighted by molar-refractivity contribution is 5.36. The minimum absolute atomic E-state index is 0.137. The van der Waals surface area contributed by atoms with E-state index in [9.17, 15) is 9.50 Å². The second kappa shape index (κ2) is 4.80. The molecule has 4 heteroatoms. The van der Waals surface area contributed by atoms with E-state index in [4.69, 9.17) is 10.5 Å². The molecule has 3 nitrogen and oxygen atoms in total. The Labute approximate surface area is 95.0 Å². The lowest BCUT2D eigenvalue weighted by Crippen LogP contribution is -2.28. The highest BCUT2D eigenvalue weighted by atomic mass is 19.1. The minimum Gasteiger partial charge on any atom is -0.490 e. The van der Waals surface area contributed by atoms with Crippen molar-refractivity contribution in [2.75, 3.05) is 6.61 Å². The summed E-state index contributed by atoms with van der Waals surface area (Å²) in [5.41, 5.74) is 5.39. The van der Waals surface area contributed by atoms with Gasteiger partial charge in [0.1, 0.15) is 18.2 Å². The molecule has 0 aliphatic heterocycles. The van der Waals surface area contributed by atoms with E-state index in [1.807, 2.05) is 0 Å². The summed E-state index contributed by atoms with van der Waals surface area (Å²) in [6.07, 6.45) is 0. The summed E-state index contributed by atoms with van der Waals surface area (Å²) in [6, 6.07) is 3.88. The molecular weight excluding hydrogens is 209 g/mol. The van der Waals surface area contributed by atoms with Crippen molar-refractivity contribution in [1.82, 2.24) is 0 Å². The van der Waals surface area contributed by atoms with Crippen LogP contribution in [0.3, 0.4) is 0 Å². The molecule has 3 N–H and O–H groups in total. The fourth-order valence-corrected chi connectivity index (χ4v) is 1.26. The fourth-order valence-electron chi connectivity index (χ4n) is 1.26. The minimum atomic E-state index is -0.927. The Morgan fingerprint density at radius 3 is 2.62 bits per heavy atom. The first-order valence-corrected chi connectivity index (χ1v) is 5.20. The highest BCUT2D eigenvalue weighted by Crippen LogP contribution is 2.25. The van der Waals surface area contributed by atoms with Crippen LogP contribution in [0.2, 0.25) is 0 Å². The molecule has 0 aliphatic rings. The van der Waals surface area contributed by atoms with Crippen LogP contribution in [0.1, 0.15) is 32.4 Å². The van der Waals surface area contributed by atoms with Crippen LogP contribution < -0.4 is 10.5 Å². The first kappa shape index (κ1) is 12.9. The molecule has 90 valence electrons. The third kappa shape index (κ3) is 3.79. The summed E-state index contributed by atoms with van der Waals surface area (Å²) < 4.78 is 18.4. The van der Waals surface area contributed by atoms with Gasteiger partial charge in [0.05, 0.1) is 5.60 Å². The molecule has 0 fully saturated rings. The Hall–Kier alpha value is -1.13. The summed E-state index contributed by atoms with van der Waals surface area (Å²) in [7, 11) is 0. The smallest absolute Gasteiger partial charge is 0.124 e. The molecule has 0 aliphatic carbocycles. The van der Waals surface area contributed by atoms with Crippen molar-refractivity contribution in [1.29, 1.82) is 0 Å². The molecule has 0 aromatic heterocycles. The van der Waals surface area contributed by atoms with Crippen LogP contribution >= 0.6 is 0 Å². The summed E-state index contributed by atoms with van der Waals surface area (Å²) in [5.74, 6) is 0.168. The van der Waals surface area contributed by atoms with Gasteiger partial charge >= 0.3 is 0 Å². The molecule has 1 aromatic carbocycles. The first-order valence-electron chi connectivity index (χ1n) is 5.20. The Morgan fingerprint density at radius 1 is 1.50 bits per heavy atom. The number of nitrogens with two attached hydrogens (primary N) is 1. The molecule has 0 spiro atoms. The van der Waals surface area contributed by atoms with Crippen molar-refractivity contribution < 1.29 is 14.2 Å². The number of ether oxygens (including phenoxy) is 1. The topological polar surface area (TPSA) is 55.5 Å². The number of aliphatic hydroxyl groups is 1. The lowest BCUT2D eigenvalue weighted by atomic mass is 10.1. The quantitative estimate of drug-likeness (QED) is 0.827. The lowest BCUT2D eigenvalue weighted by Gasteiger charge is -2.20. The molecule has 0 amide bonds. The second-order valence-corrected chi connectivity index (χ2v) is 4.57. The van der Waals surface area contributed by atoms with Gasteiger partial charge in [-0.3, -0.25) is 0 Å². The largest absolute Gasteiger partial charge is 0.490 e. The van der Waals surface area contributed by atoms with Gasteiger partial charge in [-0.15, -0.1) is 0 Å². The summed E-state index contributed by atoms with van der Waals surface area (Å²) in [4.78, 5) is 0. The maximum Gasteiger partial charge on any atom is 0.124 e. The Bertz CT molecular complexity index is 359. The zero-order valence-corrected chi connectivity index (χ0v) is 9.83. The van der Waals surface area contributed by atoms with Crippen molar-refractivity contribution in [3.05, 3.63) is 29.6 Å². The van der Waals surface area contributed by atoms with Gasteiger partial charge in [-0.05, 0) is 39.0 Å². The van der Waals surface area contributed by atoms with Crippen molar-refractivity contribution in [2.45, 2.75) is 32.4 Å². The number of hydrogen-bond acceptors (Lipinski definition) is 3. The van der Waals surface area contributed by atoms with Crippen molar-refractivity contribution in [3.63, 3.8) is 0 Å². The van der Waals surface area contributed by atoms with E-state index in [0.717, 1.165) is 0 Å². The maximum absolute atomic E-state index is 13.0. The number of halogens is 1. The monoisotopic (exact) mass is 227 g/mol. The van der Waals surface area contributed by atoms with Crippen molar-refractivity contribution in [2.24, 2.45) is 5.73 Å². The molecule has 0 heterocycles. The third-order valence-electron chi connectivity index (χ3n) is 2.04. The van der Waals surface area contributed by atoms with Gasteiger partial charge in [-0.25, -0.2) is 4.39 Å². The van der Waals surface area contributed by atoms with Gasteiger partial charge in [0.15, 0.2) is 0 Å². The Kier molecular flexibility index (Phi) is 3.88. The van der Waals surface area contributed by atoms with Crippen LogP contribution in [-0.4, -0.2) is 17.3 Å². The Balaban J connectivity index is 2.87. The van der Waals surface area contributed by atoms with Crippen molar-refractivity contribution in [3.8, 4) is 5.75 Å². The van der Waals surface area contributed by atoms with Gasteiger partial charge in [0, 0.05) is 11.6 Å². The van der Waals surface area contributed by atoms with Crippen LogP contribution in [0, 0.1) is 5.82 Å². The summed E-state index contributed by atoms with van der Waals surface area (Å²) in [6.45, 7) is 5.17. The highest BCUT2D eigenvalue weighted by Gasteiger charge is 2.16. The molecular formula is C12H18FNO2. The van der Waals surface area contributed by atoms with Gasteiger partial charge in [0.2, 0.25) is 0 Å². The number of benzene rings is 1. The third-order valence-corrected chi connectivity index (χ3v) is 2.04. The second-order valence-electron chi connectivity index (χ2n) is 4.57. The molecule has 0 saturated heterocycles. The average molecular weight is 227 g/mol. The van der Waals surface area contributed by atoms with Crippen LogP contribution in [0.5, 0.6) is 5.75 Å². The molecule has 1 aromatic rings. The van der Waals surface area contributed by atoms with Gasteiger partial charge in [-0.2, -0.15) is 0 Å². The van der Waals surface area contributed by atoms with Crippen LogP contribution in [0.4, 0.5) is 4.39 Å². The SMILES string of the molecule is CC(N)c1cc(F)ccc1OCC(C)(C)O. The van der Waals surface area contributed by atoms with E-state index < -0.39 is 5.60 Å². The fraction of sp³-hybridized carbons (Fsp3) is 0.500.